The van der Waals surface area contributed by atoms with Gasteiger partial charge in [0.25, 0.3) is 0 Å². The van der Waals surface area contributed by atoms with E-state index in [1.807, 2.05) is 37.5 Å². The van der Waals surface area contributed by atoms with E-state index in [9.17, 15) is 4.79 Å². The molecule has 0 radical (unpaired) electrons. The Morgan fingerprint density at radius 1 is 1.38 bits per heavy atom. The van der Waals surface area contributed by atoms with Crippen molar-refractivity contribution in [2.45, 2.75) is 44.1 Å². The van der Waals surface area contributed by atoms with E-state index < -0.39 is 5.41 Å². The molecule has 1 saturated carbocycles. The highest BCUT2D eigenvalue weighted by Crippen LogP contribution is 2.42. The number of fused-ring (bicyclic) bond motifs is 1. The number of likely N-dealkylation sites (N-methyl/N-ethyl adjacent to an activating group) is 1. The highest BCUT2D eigenvalue weighted by molar-refractivity contribution is 7.80. The largest absolute Gasteiger partial charge is 0.461 e. The van der Waals surface area contributed by atoms with Gasteiger partial charge in [-0.05, 0) is 37.0 Å². The Balaban J connectivity index is 2.15. The smallest absolute Gasteiger partial charge is 0.302 e. The number of esters is 1. The van der Waals surface area contributed by atoms with Crippen molar-refractivity contribution in [2.24, 2.45) is 0 Å². The average Bonchev–Trinajstić information content (AvgIpc) is 2.60. The lowest BCUT2D eigenvalue weighted by Gasteiger charge is -2.43. The second kappa shape index (κ2) is 6.85. The molecule has 1 heterocycles. The quantitative estimate of drug-likeness (QED) is 0.683. The summed E-state index contributed by atoms with van der Waals surface area (Å²) in [4.78, 5) is 17.0. The lowest BCUT2D eigenvalue weighted by Crippen LogP contribution is -2.53. The maximum Gasteiger partial charge on any atom is 0.302 e. The molecule has 24 heavy (non-hydrogen) atoms. The number of hydrogen-bond donors (Lipinski definition) is 1. The fourth-order valence-electron chi connectivity index (χ4n) is 3.76. The molecule has 2 aromatic rings. The zero-order chi connectivity index (χ0) is 17.2. The van der Waals surface area contributed by atoms with Gasteiger partial charge in [-0.2, -0.15) is 0 Å². The number of rotatable bonds is 3. The first-order valence-electron chi connectivity index (χ1n) is 8.32. The molecular weight excluding hydrogens is 320 g/mol. The third-order valence-electron chi connectivity index (χ3n) is 4.88. The molecule has 1 aromatic heterocycles. The molecule has 2 atom stereocenters. The number of ether oxygens (including phenoxy) is 1. The van der Waals surface area contributed by atoms with Gasteiger partial charge < -0.3 is 10.1 Å². The molecule has 0 unspecified atom stereocenters. The summed E-state index contributed by atoms with van der Waals surface area (Å²) in [7, 11) is 1.83. The van der Waals surface area contributed by atoms with Crippen molar-refractivity contribution in [2.75, 3.05) is 7.05 Å². The summed E-state index contributed by atoms with van der Waals surface area (Å²) >= 11 is 5.69. The number of carbonyl (C=O) groups is 1. The number of benzene rings is 1. The van der Waals surface area contributed by atoms with Crippen LogP contribution < -0.4 is 5.32 Å². The molecule has 0 bridgehead atoms. The second-order valence-corrected chi connectivity index (χ2v) is 6.72. The van der Waals surface area contributed by atoms with Crippen LogP contribution in [0.3, 0.4) is 0 Å². The zero-order valence-electron chi connectivity index (χ0n) is 14.0. The van der Waals surface area contributed by atoms with Crippen LogP contribution in [0.25, 0.3) is 10.9 Å². The van der Waals surface area contributed by atoms with Crippen LogP contribution in [0, 0.1) is 0 Å². The van der Waals surface area contributed by atoms with Crippen molar-refractivity contribution in [3.63, 3.8) is 0 Å². The molecule has 0 saturated heterocycles. The molecule has 1 aromatic carbocycles. The zero-order valence-corrected chi connectivity index (χ0v) is 14.9. The van der Waals surface area contributed by atoms with Crippen LogP contribution in [0.2, 0.25) is 0 Å². The predicted octanol–water partition coefficient (Wildman–Crippen LogP) is 3.53. The second-order valence-electron chi connectivity index (χ2n) is 6.31. The molecule has 126 valence electrons. The highest BCUT2D eigenvalue weighted by Gasteiger charge is 2.48. The number of nitrogens with one attached hydrogen (secondary N) is 1. The third-order valence-corrected chi connectivity index (χ3v) is 5.45. The fraction of sp³-hybridized carbons (Fsp3) is 0.421. The van der Waals surface area contributed by atoms with E-state index in [1.54, 1.807) is 0 Å². The number of aromatic nitrogens is 1. The van der Waals surface area contributed by atoms with Crippen molar-refractivity contribution < 1.29 is 9.53 Å². The molecular formula is C19H22N2O2S. The molecule has 4 nitrogen and oxygen atoms in total. The Kier molecular flexibility index (Phi) is 4.81. The maximum atomic E-state index is 11.7. The Bertz CT molecular complexity index is 777. The number of hydrogen-bond acceptors (Lipinski definition) is 4. The van der Waals surface area contributed by atoms with E-state index in [2.05, 4.69) is 16.4 Å². The lowest BCUT2D eigenvalue weighted by atomic mass is 9.67. The van der Waals surface area contributed by atoms with E-state index in [1.165, 1.54) is 6.92 Å². The van der Waals surface area contributed by atoms with E-state index in [4.69, 9.17) is 17.0 Å². The Labute approximate surface area is 147 Å². The standard InChI is InChI=1S/C19H22N2O2S/c1-13(22)23-17-9-5-6-10-19(17,18(24)20-2)15-11-14-7-3-4-8-16(14)21-12-15/h3-4,7-8,11-12,17H,5-6,9-10H2,1-2H3,(H,20,24)/t17-,19+/m1/s1. The predicted molar refractivity (Wildman–Crippen MR) is 99.1 cm³/mol. The monoisotopic (exact) mass is 342 g/mol. The molecule has 3 rings (SSSR count). The highest BCUT2D eigenvalue weighted by atomic mass is 32.1. The van der Waals surface area contributed by atoms with Gasteiger partial charge in [0.05, 0.1) is 15.9 Å². The minimum Gasteiger partial charge on any atom is -0.461 e. The maximum absolute atomic E-state index is 11.7. The summed E-state index contributed by atoms with van der Waals surface area (Å²) in [5.41, 5.74) is 1.46. The molecule has 0 aliphatic heterocycles. The van der Waals surface area contributed by atoms with Crippen molar-refractivity contribution in [1.82, 2.24) is 10.3 Å². The van der Waals surface area contributed by atoms with E-state index in [0.29, 0.717) is 4.99 Å². The van der Waals surface area contributed by atoms with Crippen LogP contribution in [-0.2, 0) is 14.9 Å². The van der Waals surface area contributed by atoms with Crippen LogP contribution in [0.15, 0.2) is 36.5 Å². The number of para-hydroxylation sites is 1. The summed E-state index contributed by atoms with van der Waals surface area (Å²) in [5, 5.41) is 4.21. The molecule has 0 spiro atoms. The first kappa shape index (κ1) is 16.8. The minimum absolute atomic E-state index is 0.258. The average molecular weight is 342 g/mol. The Hall–Kier alpha value is -2.01. The lowest BCUT2D eigenvalue weighted by molar-refractivity contribution is -0.150. The van der Waals surface area contributed by atoms with Crippen molar-refractivity contribution >= 4 is 34.1 Å². The SMILES string of the molecule is CNC(=S)[C@]1(c2cnc3ccccc3c2)CCCC[C@H]1OC(C)=O. The van der Waals surface area contributed by atoms with Gasteiger partial charge in [0, 0.05) is 25.6 Å². The topological polar surface area (TPSA) is 51.2 Å². The van der Waals surface area contributed by atoms with Crippen molar-refractivity contribution in [3.05, 3.63) is 42.1 Å². The summed E-state index contributed by atoms with van der Waals surface area (Å²) in [5.74, 6) is -0.265. The minimum atomic E-state index is -0.509. The summed E-state index contributed by atoms with van der Waals surface area (Å²) in [6.07, 6.45) is 5.37. The van der Waals surface area contributed by atoms with Gasteiger partial charge in [0.1, 0.15) is 6.10 Å². The number of pyridine rings is 1. The molecule has 1 fully saturated rings. The molecule has 5 heteroatoms. The van der Waals surface area contributed by atoms with E-state index >= 15 is 0 Å². The van der Waals surface area contributed by atoms with Crippen LogP contribution in [-0.4, -0.2) is 29.1 Å². The Morgan fingerprint density at radius 3 is 2.92 bits per heavy atom. The third kappa shape index (κ3) is 2.88. The summed E-state index contributed by atoms with van der Waals surface area (Å²) < 4.78 is 5.70. The van der Waals surface area contributed by atoms with Crippen molar-refractivity contribution in [3.8, 4) is 0 Å². The first-order valence-corrected chi connectivity index (χ1v) is 8.73. The van der Waals surface area contributed by atoms with Gasteiger partial charge in [0.15, 0.2) is 0 Å². The fourth-order valence-corrected chi connectivity index (χ4v) is 4.11. The number of thiocarbonyl (C=S) groups is 1. The van der Waals surface area contributed by atoms with Gasteiger partial charge in [-0.25, -0.2) is 0 Å². The summed E-state index contributed by atoms with van der Waals surface area (Å²) in [6.45, 7) is 1.46. The van der Waals surface area contributed by atoms with Crippen LogP contribution >= 0.6 is 12.2 Å². The van der Waals surface area contributed by atoms with Gasteiger partial charge in [-0.3, -0.25) is 9.78 Å². The van der Waals surface area contributed by atoms with Gasteiger partial charge in [-0.1, -0.05) is 36.8 Å². The van der Waals surface area contributed by atoms with Gasteiger partial charge in [0.2, 0.25) is 0 Å². The normalized spacial score (nSPS) is 23.7. The van der Waals surface area contributed by atoms with E-state index in [-0.39, 0.29) is 12.1 Å². The van der Waals surface area contributed by atoms with Crippen molar-refractivity contribution in [1.29, 1.82) is 0 Å². The van der Waals surface area contributed by atoms with Crippen LogP contribution in [0.5, 0.6) is 0 Å². The van der Waals surface area contributed by atoms with E-state index in [0.717, 1.165) is 42.1 Å². The first-order chi connectivity index (χ1) is 11.6. The molecule has 0 amide bonds. The number of carbonyl (C=O) groups excluding carboxylic acids is 1. The Morgan fingerprint density at radius 2 is 2.17 bits per heavy atom. The molecule has 1 aliphatic carbocycles. The molecule has 1 N–H and O–H groups in total. The van der Waals surface area contributed by atoms with Gasteiger partial charge in [-0.15, -0.1) is 0 Å². The number of nitrogens with zero attached hydrogens (tertiary/aromatic N) is 1. The summed E-state index contributed by atoms with van der Waals surface area (Å²) in [6, 6.07) is 10.2. The van der Waals surface area contributed by atoms with Crippen LogP contribution in [0.4, 0.5) is 0 Å². The van der Waals surface area contributed by atoms with Gasteiger partial charge >= 0.3 is 5.97 Å². The molecule has 1 aliphatic rings. The van der Waals surface area contributed by atoms with Crippen LogP contribution in [0.1, 0.15) is 38.2 Å².